The third-order valence-electron chi connectivity index (χ3n) is 2.04. The Hall–Kier alpha value is -1.35. The zero-order chi connectivity index (χ0) is 11.3. The zero-order valence-electron chi connectivity index (χ0n) is 9.03. The van der Waals surface area contributed by atoms with Gasteiger partial charge < -0.3 is 10.5 Å². The average molecular weight is 209 g/mol. The second-order valence-corrected chi connectivity index (χ2v) is 3.35. The third-order valence-corrected chi connectivity index (χ3v) is 2.04. The minimum absolute atomic E-state index is 0.161. The van der Waals surface area contributed by atoms with Gasteiger partial charge in [-0.3, -0.25) is 0 Å². The number of nitrogens with two attached hydrogens (primary N) is 1. The number of halogens is 1. The molecular formula is C12H16FNO. The van der Waals surface area contributed by atoms with Crippen molar-refractivity contribution in [2.24, 2.45) is 5.73 Å². The molecule has 0 heterocycles. The highest BCUT2D eigenvalue weighted by Crippen LogP contribution is 2.24. The van der Waals surface area contributed by atoms with Gasteiger partial charge >= 0.3 is 0 Å². The molecule has 0 spiro atoms. The number of allylic oxidation sites excluding steroid dienone is 1. The second-order valence-electron chi connectivity index (χ2n) is 3.35. The van der Waals surface area contributed by atoms with Gasteiger partial charge in [0.15, 0.2) is 0 Å². The van der Waals surface area contributed by atoms with Crippen LogP contribution in [0.1, 0.15) is 25.5 Å². The van der Waals surface area contributed by atoms with Crippen molar-refractivity contribution in [2.45, 2.75) is 19.9 Å². The number of hydrogen-bond donors (Lipinski definition) is 1. The monoisotopic (exact) mass is 209 g/mol. The molecule has 2 nitrogen and oxygen atoms in total. The molecule has 1 aromatic rings. The molecule has 1 aromatic carbocycles. The highest BCUT2D eigenvalue weighted by atomic mass is 19.1. The Morgan fingerprint density at radius 3 is 2.87 bits per heavy atom. The van der Waals surface area contributed by atoms with Crippen molar-refractivity contribution in [3.05, 3.63) is 41.7 Å². The molecule has 2 N–H and O–H groups in total. The summed E-state index contributed by atoms with van der Waals surface area (Å²) in [6.45, 7) is 4.18. The van der Waals surface area contributed by atoms with E-state index in [4.69, 9.17) is 10.5 Å². The van der Waals surface area contributed by atoms with E-state index < -0.39 is 0 Å². The van der Waals surface area contributed by atoms with E-state index in [9.17, 15) is 4.39 Å². The van der Waals surface area contributed by atoms with Crippen LogP contribution in [0.5, 0.6) is 5.75 Å². The fraction of sp³-hybridized carbons (Fsp3) is 0.333. The van der Waals surface area contributed by atoms with E-state index in [1.165, 1.54) is 12.1 Å². The highest BCUT2D eigenvalue weighted by Gasteiger charge is 2.08. The van der Waals surface area contributed by atoms with Crippen LogP contribution in [0.25, 0.3) is 0 Å². The SMILES string of the molecule is CC=CCOc1cc(F)ccc1[C@@H](C)N. The van der Waals surface area contributed by atoms with Gasteiger partial charge in [-0.15, -0.1) is 0 Å². The van der Waals surface area contributed by atoms with Crippen molar-refractivity contribution < 1.29 is 9.13 Å². The fourth-order valence-corrected chi connectivity index (χ4v) is 1.24. The summed E-state index contributed by atoms with van der Waals surface area (Å²) in [5, 5.41) is 0. The van der Waals surface area contributed by atoms with Gasteiger partial charge in [0, 0.05) is 17.7 Å². The van der Waals surface area contributed by atoms with E-state index in [2.05, 4.69) is 0 Å². The first-order valence-corrected chi connectivity index (χ1v) is 4.94. The van der Waals surface area contributed by atoms with E-state index in [1.807, 2.05) is 26.0 Å². The Morgan fingerprint density at radius 2 is 2.27 bits per heavy atom. The summed E-state index contributed by atoms with van der Waals surface area (Å²) in [7, 11) is 0. The summed E-state index contributed by atoms with van der Waals surface area (Å²) >= 11 is 0. The van der Waals surface area contributed by atoms with E-state index in [-0.39, 0.29) is 11.9 Å². The van der Waals surface area contributed by atoms with Crippen LogP contribution in [0.3, 0.4) is 0 Å². The summed E-state index contributed by atoms with van der Waals surface area (Å²) in [6.07, 6.45) is 3.74. The van der Waals surface area contributed by atoms with Crippen LogP contribution in [-0.2, 0) is 0 Å². The smallest absolute Gasteiger partial charge is 0.127 e. The molecular weight excluding hydrogens is 193 g/mol. The van der Waals surface area contributed by atoms with Gasteiger partial charge in [-0.05, 0) is 19.9 Å². The Labute approximate surface area is 89.6 Å². The van der Waals surface area contributed by atoms with Gasteiger partial charge in [0.1, 0.15) is 18.2 Å². The normalized spacial score (nSPS) is 13.1. The van der Waals surface area contributed by atoms with E-state index in [1.54, 1.807) is 6.07 Å². The molecule has 1 rings (SSSR count). The van der Waals surface area contributed by atoms with Crippen LogP contribution in [-0.4, -0.2) is 6.61 Å². The molecule has 1 atom stereocenters. The summed E-state index contributed by atoms with van der Waals surface area (Å²) in [6, 6.07) is 4.25. The topological polar surface area (TPSA) is 35.2 Å². The first-order valence-electron chi connectivity index (χ1n) is 4.94. The molecule has 0 saturated heterocycles. The number of rotatable bonds is 4. The maximum atomic E-state index is 13.0. The summed E-state index contributed by atoms with van der Waals surface area (Å²) in [5.41, 5.74) is 6.57. The molecule has 0 radical (unpaired) electrons. The van der Waals surface area contributed by atoms with Crippen LogP contribution >= 0.6 is 0 Å². The molecule has 3 heteroatoms. The summed E-state index contributed by atoms with van der Waals surface area (Å²) in [4.78, 5) is 0. The van der Waals surface area contributed by atoms with Gasteiger partial charge in [0.2, 0.25) is 0 Å². The molecule has 0 saturated carbocycles. The first-order chi connectivity index (χ1) is 7.15. The molecule has 0 aliphatic heterocycles. The van der Waals surface area contributed by atoms with Gasteiger partial charge in [-0.1, -0.05) is 18.2 Å². The van der Waals surface area contributed by atoms with Crippen LogP contribution in [0, 0.1) is 5.82 Å². The van der Waals surface area contributed by atoms with Crippen molar-refractivity contribution in [1.29, 1.82) is 0 Å². The van der Waals surface area contributed by atoms with E-state index in [0.717, 1.165) is 5.56 Å². The van der Waals surface area contributed by atoms with Crippen LogP contribution < -0.4 is 10.5 Å². The minimum Gasteiger partial charge on any atom is -0.489 e. The molecule has 82 valence electrons. The van der Waals surface area contributed by atoms with Crippen LogP contribution in [0.2, 0.25) is 0 Å². The standard InChI is InChI=1S/C12H16FNO/c1-3-4-7-15-12-8-10(13)5-6-11(12)9(2)14/h3-6,8-9H,7,14H2,1-2H3/t9-/m1/s1. The molecule has 0 aromatic heterocycles. The van der Waals surface area contributed by atoms with E-state index >= 15 is 0 Å². The quantitative estimate of drug-likeness (QED) is 0.774. The molecule has 0 amide bonds. The third kappa shape index (κ3) is 3.36. The Morgan fingerprint density at radius 1 is 1.53 bits per heavy atom. The molecule has 0 aliphatic carbocycles. The largest absolute Gasteiger partial charge is 0.489 e. The van der Waals surface area contributed by atoms with Gasteiger partial charge in [0.25, 0.3) is 0 Å². The summed E-state index contributed by atoms with van der Waals surface area (Å²) in [5.74, 6) is 0.206. The van der Waals surface area contributed by atoms with Crippen LogP contribution in [0.15, 0.2) is 30.4 Å². The lowest BCUT2D eigenvalue weighted by molar-refractivity contribution is 0.354. The average Bonchev–Trinajstić information content (AvgIpc) is 2.18. The number of ether oxygens (including phenoxy) is 1. The van der Waals surface area contributed by atoms with Crippen molar-refractivity contribution in [2.75, 3.05) is 6.61 Å². The zero-order valence-corrected chi connectivity index (χ0v) is 9.03. The van der Waals surface area contributed by atoms with E-state index in [0.29, 0.717) is 12.4 Å². The predicted octanol–water partition coefficient (Wildman–Crippen LogP) is 2.80. The van der Waals surface area contributed by atoms with Crippen molar-refractivity contribution in [1.82, 2.24) is 0 Å². The maximum Gasteiger partial charge on any atom is 0.127 e. The van der Waals surface area contributed by atoms with Gasteiger partial charge in [0.05, 0.1) is 0 Å². The second kappa shape index (κ2) is 5.51. The molecule has 0 unspecified atom stereocenters. The minimum atomic E-state index is -0.310. The first kappa shape index (κ1) is 11.7. The predicted molar refractivity (Wildman–Crippen MR) is 59.3 cm³/mol. The highest BCUT2D eigenvalue weighted by molar-refractivity contribution is 5.36. The molecule has 0 bridgehead atoms. The maximum absolute atomic E-state index is 13.0. The summed E-state index contributed by atoms with van der Waals surface area (Å²) < 4.78 is 18.4. The Bertz CT molecular complexity index is 347. The lowest BCUT2D eigenvalue weighted by Gasteiger charge is -2.12. The van der Waals surface area contributed by atoms with Gasteiger partial charge in [-0.2, -0.15) is 0 Å². The number of benzene rings is 1. The molecule has 0 aliphatic rings. The van der Waals surface area contributed by atoms with Crippen molar-refractivity contribution in [3.8, 4) is 5.75 Å². The Balaban J connectivity index is 2.86. The number of hydrogen-bond acceptors (Lipinski definition) is 2. The van der Waals surface area contributed by atoms with Crippen molar-refractivity contribution in [3.63, 3.8) is 0 Å². The van der Waals surface area contributed by atoms with Crippen molar-refractivity contribution >= 4 is 0 Å². The fourth-order valence-electron chi connectivity index (χ4n) is 1.24. The molecule has 15 heavy (non-hydrogen) atoms. The Kier molecular flexibility index (Phi) is 4.31. The lowest BCUT2D eigenvalue weighted by Crippen LogP contribution is -2.08. The van der Waals surface area contributed by atoms with Gasteiger partial charge in [-0.25, -0.2) is 4.39 Å². The lowest BCUT2D eigenvalue weighted by atomic mass is 10.1. The molecule has 0 fully saturated rings. The van der Waals surface area contributed by atoms with Crippen LogP contribution in [0.4, 0.5) is 4.39 Å².